The van der Waals surface area contributed by atoms with Crippen molar-refractivity contribution in [3.8, 4) is 0 Å². The molecule has 0 fully saturated rings. The summed E-state index contributed by atoms with van der Waals surface area (Å²) in [5, 5.41) is 126. The smallest absolute Gasteiger partial charge is 0.373 e. The lowest BCUT2D eigenvalue weighted by molar-refractivity contribution is -0.193. The zero-order chi connectivity index (χ0) is 81.4. The van der Waals surface area contributed by atoms with Gasteiger partial charge in [-0.3, -0.25) is 43.2 Å². The fourth-order valence-electron chi connectivity index (χ4n) is 6.10. The van der Waals surface area contributed by atoms with Crippen molar-refractivity contribution < 1.29 is 192 Å². The van der Waals surface area contributed by atoms with E-state index in [0.717, 1.165) is 45.4 Å². The minimum absolute atomic E-state index is 0. The highest BCUT2D eigenvalue weighted by molar-refractivity contribution is 5.99. The first kappa shape index (κ1) is 115. The highest BCUT2D eigenvalue weighted by Gasteiger charge is 2.39. The first-order valence-corrected chi connectivity index (χ1v) is 28.0. The van der Waals surface area contributed by atoms with E-state index in [1.165, 1.54) is 26.2 Å². The first-order chi connectivity index (χ1) is 47.4. The maximum atomic E-state index is 10.7. The Labute approximate surface area is 591 Å². The fourth-order valence-corrected chi connectivity index (χ4v) is 6.10. The number of aromatic carboxylic acids is 2. The Bertz CT molecular complexity index is 3010. The van der Waals surface area contributed by atoms with Gasteiger partial charge < -0.3 is 81.4 Å². The highest BCUT2D eigenvalue weighted by Crippen LogP contribution is 2.17. The van der Waals surface area contributed by atoms with Crippen LogP contribution in [0.15, 0.2) is 109 Å². The predicted molar refractivity (Wildman–Crippen MR) is 343 cm³/mol. The molecule has 0 saturated heterocycles. The molecule has 3 rings (SSSR count). The molecule has 0 radical (unpaired) electrons. The van der Waals surface area contributed by atoms with Crippen LogP contribution in [-0.4, -0.2) is 208 Å². The van der Waals surface area contributed by atoms with E-state index in [9.17, 15) is 81.8 Å². The third-order valence-electron chi connectivity index (χ3n) is 10.3. The van der Waals surface area contributed by atoms with Crippen molar-refractivity contribution in [1.29, 1.82) is 0 Å². The summed E-state index contributed by atoms with van der Waals surface area (Å²) in [6.07, 6.45) is 4.79. The van der Waals surface area contributed by atoms with Gasteiger partial charge in [-0.05, 0) is 57.9 Å². The Kier molecular flexibility index (Phi) is 85.6. The second-order valence-corrected chi connectivity index (χ2v) is 18.8. The van der Waals surface area contributed by atoms with Crippen LogP contribution in [0.25, 0.3) is 0 Å². The largest absolute Gasteiger partial charge is 0.481 e. The lowest BCUT2D eigenvalue weighted by Crippen LogP contribution is -2.42. The highest BCUT2D eigenvalue weighted by atomic mass is 16.4. The first-order valence-electron chi connectivity index (χ1n) is 28.0. The van der Waals surface area contributed by atoms with Gasteiger partial charge >= 0.3 is 102 Å². The number of unbranched alkanes of at least 4 members (excludes halogenated alkanes) is 7. The summed E-state index contributed by atoms with van der Waals surface area (Å²) in [5.74, 6) is -21.1. The normalized spacial score (nSPS) is 9.92. The molecule has 3 atom stereocenters. The number of Topliss-reactive ketones (excluding diaryl/α,β-unsaturated/α-hetero) is 3. The van der Waals surface area contributed by atoms with E-state index in [2.05, 4.69) is 0 Å². The minimum Gasteiger partial charge on any atom is -0.481 e. The van der Waals surface area contributed by atoms with E-state index in [1.54, 1.807) is 67.6 Å². The van der Waals surface area contributed by atoms with E-state index < -0.39 is 145 Å². The molecule has 0 bridgehead atoms. The number of ketones is 3. The molecule has 0 aliphatic rings. The summed E-state index contributed by atoms with van der Waals surface area (Å²) in [7, 11) is 0. The van der Waals surface area contributed by atoms with Crippen LogP contribution in [0, 0.1) is 11.8 Å². The van der Waals surface area contributed by atoms with Gasteiger partial charge in [0.05, 0.1) is 48.3 Å². The summed E-state index contributed by atoms with van der Waals surface area (Å²) >= 11 is 0. The molecule has 3 aromatic rings. The number of carbonyl (C=O) groups is 16. The van der Waals surface area contributed by atoms with Crippen molar-refractivity contribution in [2.24, 2.45) is 11.8 Å². The standard InChI is InChI=1S/C13H24O3.C7H10O6.C7H8O5.2C7H6O2.C6H8O7.C6H8O6.C6H6.4CO2.2CH4/c1-12(14)10-8-6-4-2-3-5-7-9-11-13(15)16;1-4(8)2-7(13,6(11)12)3-5(9)10;1-4(8)2-5(7(11)12)3-6(9)10;2*8-7(9)6-4-2-1-3-5-6;7-3(8)1-2(5(10)11)4(9)6(12)13;7-4(8)1-3(6(11)12)2-5(9)10;1-2-4-6-5-3-1;4*2-1-3;;/h2-11H2,1H3,(H,15,16);13H,2-3H2,1H3,(H,9,10)(H,11,12);3H,2H2,1H3,(H,9,10)(H,11,12);2*1-5H,(H,8,9);2,4,9H,1H2,(H,7,8)(H,10,11)(H,12,13);3H,1-2H2,(H,7,8)(H,9,10)(H,11,12);1-6H;;;;;2*1H4/b;;5-3-;;;;;;;;;;;. The van der Waals surface area contributed by atoms with Crippen LogP contribution >= 0.6 is 0 Å². The van der Waals surface area contributed by atoms with E-state index in [0.29, 0.717) is 23.6 Å². The topological polar surface area (TPSA) is 713 Å². The molecule has 104 heavy (non-hydrogen) atoms. The van der Waals surface area contributed by atoms with Crippen molar-refractivity contribution >= 4 is 120 Å². The Balaban J connectivity index is -0.000000104. The Morgan fingerprint density at radius 3 is 0.894 bits per heavy atom. The summed E-state index contributed by atoms with van der Waals surface area (Å²) in [4.78, 5) is 229. The van der Waals surface area contributed by atoms with E-state index in [1.807, 2.05) is 36.4 Å². The van der Waals surface area contributed by atoms with Gasteiger partial charge in [0.2, 0.25) is 0 Å². The maximum Gasteiger partial charge on any atom is 0.373 e. The van der Waals surface area contributed by atoms with Gasteiger partial charge in [0.25, 0.3) is 0 Å². The van der Waals surface area contributed by atoms with Crippen LogP contribution in [0.1, 0.15) is 159 Å². The number of rotatable bonds is 32. The average Bonchev–Trinajstić information content (AvgIpc) is 0.862. The Morgan fingerprint density at radius 2 is 0.692 bits per heavy atom. The fraction of sp³-hybridized carbons (Fsp3) is 0.385. The molecule has 0 heterocycles. The van der Waals surface area contributed by atoms with Gasteiger partial charge in [0, 0.05) is 31.8 Å². The van der Waals surface area contributed by atoms with Crippen LogP contribution in [0.3, 0.4) is 0 Å². The Hall–Kier alpha value is -13.0. The molecule has 15 N–H and O–H groups in total. The van der Waals surface area contributed by atoms with Crippen molar-refractivity contribution in [3.63, 3.8) is 0 Å². The molecule has 39 heteroatoms. The van der Waals surface area contributed by atoms with E-state index in [-0.39, 0.29) is 57.4 Å². The minimum atomic E-state index is -2.49. The number of hydrogen-bond donors (Lipinski definition) is 15. The van der Waals surface area contributed by atoms with Crippen molar-refractivity contribution in [2.75, 3.05) is 0 Å². The molecule has 0 aliphatic carbocycles. The second-order valence-electron chi connectivity index (χ2n) is 18.8. The van der Waals surface area contributed by atoms with Crippen LogP contribution in [0.2, 0.25) is 0 Å². The maximum absolute atomic E-state index is 10.7. The Morgan fingerprint density at radius 1 is 0.385 bits per heavy atom. The van der Waals surface area contributed by atoms with Crippen molar-refractivity contribution in [2.45, 2.75) is 150 Å². The number of carbonyl (C=O) groups excluding carboxylic acids is 11. The molecule has 3 aromatic carbocycles. The lowest BCUT2D eigenvalue weighted by Gasteiger charge is -2.19. The van der Waals surface area contributed by atoms with Gasteiger partial charge in [-0.25, -0.2) is 28.8 Å². The number of aliphatic carboxylic acids is 11. The molecular formula is C65H84O39. The second kappa shape index (κ2) is 77.3. The van der Waals surface area contributed by atoms with Crippen molar-refractivity contribution in [3.05, 3.63) is 120 Å². The molecular weight excluding hydrogens is 1400 g/mol. The number of carboxylic acid groups (broad SMARTS) is 13. The molecule has 0 saturated carbocycles. The SMILES string of the molecule is C.C.CC(=O)C/C(=C/C(=O)O)C(=O)O.CC(=O)CC(O)(CC(=O)O)C(=O)O.CC(=O)CCCCCCCCCCC(=O)O.O=C(O)CC(C(=O)O)C(O)C(=O)O.O=C(O)CC(CC(=O)O)C(=O)O.O=C(O)c1ccccc1.O=C(O)c1ccccc1.O=C=O.O=C=O.O=C=O.O=C=O.c1ccccc1. The summed E-state index contributed by atoms with van der Waals surface area (Å²) in [6, 6.07) is 28.6. The van der Waals surface area contributed by atoms with Gasteiger partial charge in [-0.1, -0.05) is 126 Å². The van der Waals surface area contributed by atoms with Crippen LogP contribution in [0.4, 0.5) is 0 Å². The predicted octanol–water partition coefficient (Wildman–Crippen LogP) is 4.52. The molecule has 0 aliphatic heterocycles. The summed E-state index contributed by atoms with van der Waals surface area (Å²) in [6.45, 7) is 3.91. The molecule has 0 amide bonds. The summed E-state index contributed by atoms with van der Waals surface area (Å²) < 4.78 is 0. The monoisotopic (exact) mass is 1490 g/mol. The van der Waals surface area contributed by atoms with Gasteiger partial charge in [0.15, 0.2) is 11.7 Å². The molecule has 578 valence electrons. The third kappa shape index (κ3) is 93.1. The van der Waals surface area contributed by atoms with Crippen LogP contribution < -0.4 is 0 Å². The van der Waals surface area contributed by atoms with Crippen molar-refractivity contribution in [1.82, 2.24) is 0 Å². The number of aliphatic hydroxyl groups is 2. The summed E-state index contributed by atoms with van der Waals surface area (Å²) in [5.41, 5.74) is -2.23. The van der Waals surface area contributed by atoms with Crippen LogP contribution in [-0.2, 0) is 105 Å². The van der Waals surface area contributed by atoms with Gasteiger partial charge in [0.1, 0.15) is 23.3 Å². The number of carboxylic acids is 13. The van der Waals surface area contributed by atoms with Gasteiger partial charge in [-0.2, -0.15) is 38.4 Å². The van der Waals surface area contributed by atoms with E-state index in [4.69, 9.17) is 110 Å². The zero-order valence-electron chi connectivity index (χ0n) is 54.4. The van der Waals surface area contributed by atoms with Crippen LogP contribution in [0.5, 0.6) is 0 Å². The lowest BCUT2D eigenvalue weighted by atomic mass is 9.94. The number of benzene rings is 3. The third-order valence-corrected chi connectivity index (χ3v) is 10.3. The molecule has 0 aromatic heterocycles. The molecule has 0 spiro atoms. The number of aliphatic hydroxyl groups excluding tert-OH is 1. The number of hydrogen-bond acceptors (Lipinski definition) is 26. The quantitative estimate of drug-likeness (QED) is 0.0302. The van der Waals surface area contributed by atoms with E-state index >= 15 is 0 Å². The molecule has 39 nitrogen and oxygen atoms in total. The zero-order valence-corrected chi connectivity index (χ0v) is 54.4. The molecule has 3 unspecified atom stereocenters. The van der Waals surface area contributed by atoms with Gasteiger partial charge in [-0.15, -0.1) is 0 Å². The average molecular weight is 1490 g/mol.